The van der Waals surface area contributed by atoms with Crippen LogP contribution in [0.3, 0.4) is 0 Å². The molecule has 0 spiro atoms. The van der Waals surface area contributed by atoms with Crippen molar-refractivity contribution in [2.45, 2.75) is 50.3 Å². The lowest BCUT2D eigenvalue weighted by Crippen LogP contribution is -2.49. The molecule has 4 N–H and O–H groups in total. The molecule has 1 aromatic carbocycles. The molecule has 36 heavy (non-hydrogen) atoms. The van der Waals surface area contributed by atoms with E-state index < -0.39 is 51.6 Å². The van der Waals surface area contributed by atoms with E-state index in [0.717, 1.165) is 4.31 Å². The van der Waals surface area contributed by atoms with Crippen molar-refractivity contribution < 1.29 is 41.7 Å². The number of hydrogen-bond donors (Lipinski definition) is 4. The highest BCUT2D eigenvalue weighted by Crippen LogP contribution is 2.40. The highest BCUT2D eigenvalue weighted by atomic mass is 32.2. The molecule has 1 aliphatic heterocycles. The number of aromatic nitrogens is 2. The van der Waals surface area contributed by atoms with Crippen LogP contribution in [0.2, 0.25) is 0 Å². The van der Waals surface area contributed by atoms with Gasteiger partial charge in [0, 0.05) is 31.5 Å². The molecule has 0 aliphatic carbocycles. The van der Waals surface area contributed by atoms with Crippen LogP contribution in [0.5, 0.6) is 11.6 Å². The van der Waals surface area contributed by atoms with Gasteiger partial charge in [-0.05, 0) is 39.0 Å². The molecule has 0 bridgehead atoms. The largest absolute Gasteiger partial charge is 0.485 e. The van der Waals surface area contributed by atoms with Gasteiger partial charge < -0.3 is 25.0 Å². The minimum absolute atomic E-state index is 0.0454. The fourth-order valence-electron chi connectivity index (χ4n) is 3.47. The van der Waals surface area contributed by atoms with Crippen molar-refractivity contribution in [2.24, 2.45) is 0 Å². The van der Waals surface area contributed by atoms with Gasteiger partial charge in [0.05, 0.1) is 17.8 Å². The van der Waals surface area contributed by atoms with Gasteiger partial charge in [0.15, 0.2) is 11.5 Å². The fraction of sp³-hybridized carbons (Fsp3) is 0.524. The molecule has 15 heteroatoms. The number of anilines is 2. The molecular formula is C21H29F2N5O7S. The number of rotatable bonds is 11. The first kappa shape index (κ1) is 27.4. The standard InChI is InChI=1S/C21H29F2N5O7S/c1-4-27-10-17(19(26-27)34-11-18(22)23)36(32,33)28-9-14(8-24-12-21(2,3)31)35-16-6-5-13(7-15(16)28)25-20(29)30/h5-7,10,14,18,24-25,31H,4,8-9,11-12H2,1-3H3,(H,29,30). The van der Waals surface area contributed by atoms with Gasteiger partial charge in [0.25, 0.3) is 22.3 Å². The maximum atomic E-state index is 13.8. The van der Waals surface area contributed by atoms with Crippen molar-refractivity contribution in [1.82, 2.24) is 15.1 Å². The Morgan fingerprint density at radius 3 is 2.72 bits per heavy atom. The summed E-state index contributed by atoms with van der Waals surface area (Å²) >= 11 is 0. The zero-order chi connectivity index (χ0) is 26.7. The molecule has 1 aliphatic rings. The highest BCUT2D eigenvalue weighted by Gasteiger charge is 2.38. The molecule has 2 aromatic rings. The maximum absolute atomic E-state index is 13.8. The second-order valence-corrected chi connectivity index (χ2v) is 10.5. The van der Waals surface area contributed by atoms with Gasteiger partial charge in [-0.15, -0.1) is 5.10 Å². The van der Waals surface area contributed by atoms with Crippen molar-refractivity contribution in [3.05, 3.63) is 24.4 Å². The van der Waals surface area contributed by atoms with Crippen LogP contribution < -0.4 is 24.4 Å². The van der Waals surface area contributed by atoms with E-state index in [2.05, 4.69) is 15.7 Å². The SMILES string of the molecule is CCn1cc(S(=O)(=O)N2CC(CNCC(C)(C)O)Oc3ccc(NC(=O)O)cc32)c(OCC(F)F)n1. The van der Waals surface area contributed by atoms with Gasteiger partial charge in [-0.25, -0.2) is 22.0 Å². The van der Waals surface area contributed by atoms with Crippen molar-refractivity contribution in [3.8, 4) is 11.6 Å². The lowest BCUT2D eigenvalue weighted by Gasteiger charge is -2.36. The third-order valence-corrected chi connectivity index (χ3v) is 6.77. The second-order valence-electron chi connectivity index (χ2n) is 8.69. The van der Waals surface area contributed by atoms with Crippen LogP contribution in [0.4, 0.5) is 25.0 Å². The number of carboxylic acid groups (broad SMARTS) is 1. The van der Waals surface area contributed by atoms with Crippen LogP contribution in [0.1, 0.15) is 20.8 Å². The van der Waals surface area contributed by atoms with E-state index >= 15 is 0 Å². The molecular weight excluding hydrogens is 504 g/mol. The maximum Gasteiger partial charge on any atom is 0.409 e. The van der Waals surface area contributed by atoms with E-state index in [4.69, 9.17) is 14.6 Å². The Morgan fingerprint density at radius 1 is 1.39 bits per heavy atom. The minimum atomic E-state index is -4.43. The van der Waals surface area contributed by atoms with Crippen molar-refractivity contribution in [3.63, 3.8) is 0 Å². The predicted molar refractivity (Wildman–Crippen MR) is 126 cm³/mol. The topological polar surface area (TPSA) is 155 Å². The summed E-state index contributed by atoms with van der Waals surface area (Å²) in [6, 6.07) is 4.14. The van der Waals surface area contributed by atoms with Crippen LogP contribution in [0.25, 0.3) is 0 Å². The van der Waals surface area contributed by atoms with Gasteiger partial charge in [-0.1, -0.05) is 0 Å². The highest BCUT2D eigenvalue weighted by molar-refractivity contribution is 7.93. The smallest absolute Gasteiger partial charge is 0.409 e. The summed E-state index contributed by atoms with van der Waals surface area (Å²) in [6.07, 6.45) is -3.69. The first-order valence-electron chi connectivity index (χ1n) is 11.0. The minimum Gasteiger partial charge on any atom is -0.485 e. The molecule has 1 unspecified atom stereocenters. The molecule has 200 valence electrons. The Kier molecular flexibility index (Phi) is 8.26. The lowest BCUT2D eigenvalue weighted by atomic mass is 10.1. The molecule has 12 nitrogen and oxygen atoms in total. The number of fused-ring (bicyclic) bond motifs is 1. The Bertz CT molecular complexity index is 1180. The summed E-state index contributed by atoms with van der Waals surface area (Å²) in [7, 11) is -4.43. The van der Waals surface area contributed by atoms with Crippen LogP contribution in [0.15, 0.2) is 29.3 Å². The summed E-state index contributed by atoms with van der Waals surface area (Å²) in [5.41, 5.74) is -0.868. The van der Waals surface area contributed by atoms with Crippen molar-refractivity contribution >= 4 is 27.5 Å². The molecule has 1 amide bonds. The number of carbonyl (C=O) groups is 1. The van der Waals surface area contributed by atoms with Gasteiger partial charge in [-0.3, -0.25) is 14.3 Å². The van der Waals surface area contributed by atoms with Crippen LogP contribution >= 0.6 is 0 Å². The van der Waals surface area contributed by atoms with Crippen molar-refractivity contribution in [1.29, 1.82) is 0 Å². The zero-order valence-electron chi connectivity index (χ0n) is 19.9. The van der Waals surface area contributed by atoms with Crippen LogP contribution in [0, 0.1) is 0 Å². The number of aryl methyl sites for hydroxylation is 1. The summed E-state index contributed by atoms with van der Waals surface area (Å²) in [5, 5.41) is 28.1. The number of benzene rings is 1. The van der Waals surface area contributed by atoms with E-state index in [9.17, 15) is 27.1 Å². The third-order valence-electron chi connectivity index (χ3n) is 5.01. The Labute approximate surface area is 206 Å². The van der Waals surface area contributed by atoms with Gasteiger partial charge in [-0.2, -0.15) is 0 Å². The molecule has 1 aromatic heterocycles. The fourth-order valence-corrected chi connectivity index (χ4v) is 5.05. The number of nitrogens with one attached hydrogen (secondary N) is 2. The lowest BCUT2D eigenvalue weighted by molar-refractivity contribution is 0.0756. The number of ether oxygens (including phenoxy) is 2. The average molecular weight is 534 g/mol. The first-order valence-corrected chi connectivity index (χ1v) is 12.5. The van der Waals surface area contributed by atoms with Crippen molar-refractivity contribution in [2.75, 3.05) is 35.9 Å². The third kappa shape index (κ3) is 6.73. The van der Waals surface area contributed by atoms with E-state index in [0.29, 0.717) is 0 Å². The van der Waals surface area contributed by atoms with Gasteiger partial charge in [0.1, 0.15) is 11.9 Å². The van der Waals surface area contributed by atoms with E-state index in [1.807, 2.05) is 0 Å². The van der Waals surface area contributed by atoms with Gasteiger partial charge in [0.2, 0.25) is 0 Å². The zero-order valence-corrected chi connectivity index (χ0v) is 20.8. The number of alkyl halides is 2. The normalized spacial score (nSPS) is 16.0. The number of hydrogen-bond acceptors (Lipinski definition) is 8. The summed E-state index contributed by atoms with van der Waals surface area (Å²) in [6.45, 7) is 4.31. The molecule has 0 fully saturated rings. The molecule has 0 radical (unpaired) electrons. The Morgan fingerprint density at radius 2 is 2.11 bits per heavy atom. The first-order chi connectivity index (χ1) is 16.8. The monoisotopic (exact) mass is 533 g/mol. The van der Waals surface area contributed by atoms with Crippen LogP contribution in [-0.2, 0) is 16.6 Å². The van der Waals surface area contributed by atoms with E-state index in [1.54, 1.807) is 20.8 Å². The van der Waals surface area contributed by atoms with Gasteiger partial charge >= 0.3 is 6.09 Å². The Balaban J connectivity index is 2.02. The van der Waals surface area contributed by atoms with E-state index in [-0.39, 0.29) is 43.3 Å². The summed E-state index contributed by atoms with van der Waals surface area (Å²) < 4.78 is 66.4. The predicted octanol–water partition coefficient (Wildman–Crippen LogP) is 1.95. The second kappa shape index (κ2) is 10.8. The number of sulfonamides is 1. The molecule has 2 heterocycles. The quantitative estimate of drug-likeness (QED) is 0.339. The molecule has 1 atom stereocenters. The molecule has 3 rings (SSSR count). The number of aliphatic hydroxyl groups is 1. The number of halogens is 2. The summed E-state index contributed by atoms with van der Waals surface area (Å²) in [4.78, 5) is 10.7. The average Bonchev–Trinajstić information content (AvgIpc) is 3.20. The molecule has 0 saturated carbocycles. The van der Waals surface area contributed by atoms with E-state index in [1.165, 1.54) is 29.1 Å². The summed E-state index contributed by atoms with van der Waals surface area (Å²) in [5.74, 6) is -0.310. The number of amides is 1. The van der Waals surface area contributed by atoms with Crippen LogP contribution in [-0.4, -0.2) is 78.9 Å². The number of nitrogens with zero attached hydrogens (tertiary/aromatic N) is 3. The Hall–Kier alpha value is -3.17. The molecule has 0 saturated heterocycles.